The second kappa shape index (κ2) is 7.58. The highest BCUT2D eigenvalue weighted by Gasteiger charge is 2.21. The smallest absolute Gasteiger partial charge is 0.144 e. The summed E-state index contributed by atoms with van der Waals surface area (Å²) in [4.78, 5) is 9.35. The van der Waals surface area contributed by atoms with Crippen molar-refractivity contribution in [1.82, 2.24) is 19.5 Å². The summed E-state index contributed by atoms with van der Waals surface area (Å²) in [6.07, 6.45) is 3.88. The zero-order chi connectivity index (χ0) is 19.8. The van der Waals surface area contributed by atoms with Gasteiger partial charge in [-0.15, -0.1) is 0 Å². The molecule has 7 nitrogen and oxygen atoms in total. The van der Waals surface area contributed by atoms with E-state index in [1.54, 1.807) is 13.1 Å². The molecule has 28 heavy (non-hydrogen) atoms. The molecule has 4 rings (SSSR count). The molecule has 0 saturated carbocycles. The van der Waals surface area contributed by atoms with Crippen molar-refractivity contribution in [3.8, 4) is 0 Å². The highest BCUT2D eigenvalue weighted by atomic mass is 35.5. The summed E-state index contributed by atoms with van der Waals surface area (Å²) in [5.41, 5.74) is 11.1. The summed E-state index contributed by atoms with van der Waals surface area (Å²) in [5, 5.41) is 3.00. The van der Waals surface area contributed by atoms with Gasteiger partial charge in [0.25, 0.3) is 0 Å². The Morgan fingerprint density at radius 2 is 2.11 bits per heavy atom. The third-order valence-electron chi connectivity index (χ3n) is 5.29. The zero-order valence-electron chi connectivity index (χ0n) is 16.2. The van der Waals surface area contributed by atoms with E-state index >= 15 is 0 Å². The number of pyridine rings is 2. The van der Waals surface area contributed by atoms with Gasteiger partial charge in [0.1, 0.15) is 10.8 Å². The van der Waals surface area contributed by atoms with Crippen LogP contribution in [0.4, 0.5) is 0 Å². The number of hydrogen-bond donors (Lipinski definition) is 2. The molecule has 3 aromatic rings. The lowest BCUT2D eigenvalue weighted by molar-refractivity contribution is 0.0619. The fraction of sp³-hybridized carbons (Fsp3) is 0.400. The maximum absolute atomic E-state index is 6.21. The van der Waals surface area contributed by atoms with Crippen LogP contribution in [0, 0.1) is 5.92 Å². The molecule has 0 atom stereocenters. The molecule has 148 valence electrons. The van der Waals surface area contributed by atoms with Crippen molar-refractivity contribution in [2.75, 3.05) is 20.3 Å². The van der Waals surface area contributed by atoms with Crippen LogP contribution < -0.4 is 11.6 Å². The Bertz CT molecular complexity index is 1050. The minimum atomic E-state index is 0.476. The van der Waals surface area contributed by atoms with Crippen molar-refractivity contribution in [3.63, 3.8) is 0 Å². The molecule has 0 amide bonds. The molecule has 0 aliphatic carbocycles. The normalized spacial score (nSPS) is 16.6. The molecular weight excluding hydrogens is 376 g/mol. The predicted molar refractivity (Wildman–Crippen MR) is 112 cm³/mol. The van der Waals surface area contributed by atoms with Crippen LogP contribution in [0.1, 0.15) is 25.3 Å². The van der Waals surface area contributed by atoms with Crippen molar-refractivity contribution < 1.29 is 4.74 Å². The summed E-state index contributed by atoms with van der Waals surface area (Å²) in [6, 6.07) is 5.88. The maximum Gasteiger partial charge on any atom is 0.144 e. The summed E-state index contributed by atoms with van der Waals surface area (Å²) in [5.74, 6) is 6.54. The molecule has 3 aromatic heterocycles. The van der Waals surface area contributed by atoms with Crippen LogP contribution in [-0.4, -0.2) is 39.8 Å². The van der Waals surface area contributed by atoms with E-state index in [0.29, 0.717) is 16.8 Å². The number of fused-ring (bicyclic) bond motifs is 3. The molecule has 1 aliphatic heterocycles. The Kier molecular flexibility index (Phi) is 5.14. The van der Waals surface area contributed by atoms with E-state index in [1.165, 1.54) is 5.01 Å². The van der Waals surface area contributed by atoms with Gasteiger partial charge in [-0.2, -0.15) is 0 Å². The number of allylic oxidation sites excluding steroid dienone is 1. The molecule has 0 radical (unpaired) electrons. The lowest BCUT2D eigenvalue weighted by Crippen LogP contribution is -2.26. The van der Waals surface area contributed by atoms with Crippen molar-refractivity contribution in [2.24, 2.45) is 17.5 Å². The van der Waals surface area contributed by atoms with Crippen LogP contribution in [-0.2, 0) is 11.3 Å². The first-order chi connectivity index (χ1) is 13.5. The molecule has 1 saturated heterocycles. The van der Waals surface area contributed by atoms with Gasteiger partial charge in [0, 0.05) is 49.6 Å². The fourth-order valence-corrected chi connectivity index (χ4v) is 4.15. The Balaban J connectivity index is 1.92. The summed E-state index contributed by atoms with van der Waals surface area (Å²) in [6.45, 7) is 4.29. The number of nitrogens with zero attached hydrogens (tertiary/aromatic N) is 4. The highest BCUT2D eigenvalue weighted by Crippen LogP contribution is 2.32. The molecule has 0 bridgehead atoms. The average molecular weight is 401 g/mol. The monoisotopic (exact) mass is 400 g/mol. The summed E-state index contributed by atoms with van der Waals surface area (Å²) in [7, 11) is 1.77. The molecule has 8 heteroatoms. The number of aromatic nitrogens is 3. The fourth-order valence-electron chi connectivity index (χ4n) is 4.01. The number of halogens is 1. The van der Waals surface area contributed by atoms with E-state index in [4.69, 9.17) is 32.9 Å². The molecule has 1 aliphatic rings. The first kappa shape index (κ1) is 19.0. The maximum atomic E-state index is 6.21. The standard InChI is InChI=1S/C20H25ClN6O/c1-12(22)19(26(2)23)14-9-16-18(24-10-14)15-3-4-17(21)25-20(15)27(16)11-13-5-7-28-8-6-13/h3-4,9-10,13H,5-8,11,22-23H2,1-2H3/b19-12-. The van der Waals surface area contributed by atoms with E-state index in [9.17, 15) is 0 Å². The summed E-state index contributed by atoms with van der Waals surface area (Å²) < 4.78 is 7.74. The minimum Gasteiger partial charge on any atom is -0.401 e. The average Bonchev–Trinajstić information content (AvgIpc) is 2.95. The molecule has 0 aromatic carbocycles. The molecule has 1 fully saturated rings. The first-order valence-electron chi connectivity index (χ1n) is 9.43. The number of hydrazine groups is 1. The van der Waals surface area contributed by atoms with Gasteiger partial charge in [0.05, 0.1) is 16.7 Å². The van der Waals surface area contributed by atoms with E-state index < -0.39 is 0 Å². The third kappa shape index (κ3) is 3.41. The van der Waals surface area contributed by atoms with Gasteiger partial charge in [0.15, 0.2) is 0 Å². The van der Waals surface area contributed by atoms with Gasteiger partial charge in [-0.05, 0) is 43.9 Å². The second-order valence-electron chi connectivity index (χ2n) is 7.41. The van der Waals surface area contributed by atoms with E-state index in [1.807, 2.05) is 19.2 Å². The zero-order valence-corrected chi connectivity index (χ0v) is 16.9. The van der Waals surface area contributed by atoms with Crippen molar-refractivity contribution in [3.05, 3.63) is 40.8 Å². The van der Waals surface area contributed by atoms with Gasteiger partial charge < -0.3 is 20.0 Å². The van der Waals surface area contributed by atoms with Crippen LogP contribution in [0.5, 0.6) is 0 Å². The molecule has 4 N–H and O–H groups in total. The Hall–Kier alpha value is -2.35. The van der Waals surface area contributed by atoms with Crippen LogP contribution in [0.3, 0.4) is 0 Å². The van der Waals surface area contributed by atoms with Crippen LogP contribution >= 0.6 is 11.6 Å². The Labute approximate surface area is 168 Å². The Morgan fingerprint density at radius 1 is 1.36 bits per heavy atom. The van der Waals surface area contributed by atoms with Gasteiger partial charge >= 0.3 is 0 Å². The van der Waals surface area contributed by atoms with Gasteiger partial charge in [-0.3, -0.25) is 4.98 Å². The van der Waals surface area contributed by atoms with Crippen molar-refractivity contribution in [1.29, 1.82) is 0 Å². The van der Waals surface area contributed by atoms with Crippen LogP contribution in [0.15, 0.2) is 30.1 Å². The third-order valence-corrected chi connectivity index (χ3v) is 5.50. The molecule has 4 heterocycles. The van der Waals surface area contributed by atoms with Crippen molar-refractivity contribution in [2.45, 2.75) is 26.3 Å². The number of rotatable bonds is 4. The topological polar surface area (TPSA) is 95.2 Å². The van der Waals surface area contributed by atoms with Gasteiger partial charge in [-0.1, -0.05) is 11.6 Å². The Morgan fingerprint density at radius 3 is 2.79 bits per heavy atom. The highest BCUT2D eigenvalue weighted by molar-refractivity contribution is 6.30. The lowest BCUT2D eigenvalue weighted by atomic mass is 10.0. The molecular formula is C20H25ClN6O. The summed E-state index contributed by atoms with van der Waals surface area (Å²) >= 11 is 6.21. The molecule has 0 spiro atoms. The van der Waals surface area contributed by atoms with E-state index in [0.717, 1.165) is 65.9 Å². The number of ether oxygens (including phenoxy) is 1. The second-order valence-corrected chi connectivity index (χ2v) is 7.79. The minimum absolute atomic E-state index is 0.476. The van der Waals surface area contributed by atoms with E-state index in [-0.39, 0.29) is 0 Å². The van der Waals surface area contributed by atoms with Gasteiger partial charge in [-0.25, -0.2) is 10.8 Å². The van der Waals surface area contributed by atoms with Crippen molar-refractivity contribution >= 4 is 39.4 Å². The first-order valence-corrected chi connectivity index (χ1v) is 9.81. The SMILES string of the molecule is C/C(N)=C(\c1cnc2c3ccc(Cl)nc3n(CC3CCOCC3)c2c1)N(C)N. The number of hydrogen-bond acceptors (Lipinski definition) is 6. The van der Waals surface area contributed by atoms with Crippen LogP contribution in [0.2, 0.25) is 5.15 Å². The van der Waals surface area contributed by atoms with E-state index in [2.05, 4.69) is 15.6 Å². The predicted octanol–water partition coefficient (Wildman–Crippen LogP) is 3.12. The largest absolute Gasteiger partial charge is 0.401 e. The quantitative estimate of drug-likeness (QED) is 0.397. The lowest BCUT2D eigenvalue weighted by Gasteiger charge is -2.23. The number of nitrogens with two attached hydrogens (primary N) is 2. The van der Waals surface area contributed by atoms with Gasteiger partial charge in [0.2, 0.25) is 0 Å². The van der Waals surface area contributed by atoms with Crippen LogP contribution in [0.25, 0.3) is 27.8 Å². The molecule has 0 unspecified atom stereocenters.